The number of hydrogen-bond donors (Lipinski definition) is 0. The van der Waals surface area contributed by atoms with Gasteiger partial charge >= 0.3 is 5.97 Å². The first kappa shape index (κ1) is 18.0. The van der Waals surface area contributed by atoms with Gasteiger partial charge in [0.05, 0.1) is 24.1 Å². The highest BCUT2D eigenvalue weighted by atomic mass is 16.5. The van der Waals surface area contributed by atoms with Crippen molar-refractivity contribution in [3.8, 4) is 0 Å². The molecular weight excluding hydrogens is 344 g/mol. The van der Waals surface area contributed by atoms with Crippen LogP contribution in [0.25, 0.3) is 11.0 Å². The van der Waals surface area contributed by atoms with Gasteiger partial charge in [0.2, 0.25) is 5.95 Å². The standard InChI is InChI=1S/C19H28N6O2/c1-3-27-18(26)14-8-7-11-25(13-14)19-21-16-15(12-20-23(16)2)17(22-19)24-9-5-4-6-10-24/h12,14H,3-11,13H2,1-2H3/t14-/m0/s1. The van der Waals surface area contributed by atoms with E-state index in [1.165, 1.54) is 19.3 Å². The quantitative estimate of drug-likeness (QED) is 0.761. The van der Waals surface area contributed by atoms with Crippen LogP contribution in [0.15, 0.2) is 6.20 Å². The van der Waals surface area contributed by atoms with Gasteiger partial charge in [-0.2, -0.15) is 15.1 Å². The number of piperidine rings is 2. The lowest BCUT2D eigenvalue weighted by Gasteiger charge is -2.33. The summed E-state index contributed by atoms with van der Waals surface area (Å²) in [6.07, 6.45) is 7.32. The third-order valence-electron chi connectivity index (χ3n) is 5.54. The van der Waals surface area contributed by atoms with E-state index in [0.29, 0.717) is 19.1 Å². The molecule has 2 fully saturated rings. The Bertz CT molecular complexity index is 814. The minimum absolute atomic E-state index is 0.108. The number of hydrogen-bond acceptors (Lipinski definition) is 7. The summed E-state index contributed by atoms with van der Waals surface area (Å²) < 4.78 is 7.04. The van der Waals surface area contributed by atoms with E-state index in [1.807, 2.05) is 20.2 Å². The number of carbonyl (C=O) groups is 1. The first-order valence-corrected chi connectivity index (χ1v) is 10.0. The van der Waals surface area contributed by atoms with E-state index in [0.717, 1.165) is 49.3 Å². The van der Waals surface area contributed by atoms with E-state index in [1.54, 1.807) is 4.68 Å². The van der Waals surface area contributed by atoms with Crippen LogP contribution in [-0.4, -0.2) is 58.5 Å². The number of nitrogens with zero attached hydrogens (tertiary/aromatic N) is 6. The molecule has 8 nitrogen and oxygen atoms in total. The highest BCUT2D eigenvalue weighted by Gasteiger charge is 2.29. The normalized spacial score (nSPS) is 20.9. The predicted molar refractivity (Wildman–Crippen MR) is 104 cm³/mol. The molecule has 1 atom stereocenters. The Morgan fingerprint density at radius 1 is 1.15 bits per heavy atom. The van der Waals surface area contributed by atoms with E-state index < -0.39 is 0 Å². The van der Waals surface area contributed by atoms with Crippen LogP contribution in [-0.2, 0) is 16.6 Å². The molecule has 0 aliphatic carbocycles. The van der Waals surface area contributed by atoms with Gasteiger partial charge in [0.15, 0.2) is 5.65 Å². The third kappa shape index (κ3) is 3.57. The predicted octanol–water partition coefficient (Wildman–Crippen LogP) is 2.13. The van der Waals surface area contributed by atoms with Gasteiger partial charge in [-0.15, -0.1) is 0 Å². The molecule has 2 aromatic rings. The summed E-state index contributed by atoms with van der Waals surface area (Å²) in [7, 11) is 1.91. The summed E-state index contributed by atoms with van der Waals surface area (Å²) >= 11 is 0. The number of fused-ring (bicyclic) bond motifs is 1. The van der Waals surface area contributed by atoms with Crippen molar-refractivity contribution >= 4 is 28.8 Å². The molecule has 0 unspecified atom stereocenters. The molecule has 27 heavy (non-hydrogen) atoms. The Morgan fingerprint density at radius 2 is 1.93 bits per heavy atom. The fraction of sp³-hybridized carbons (Fsp3) is 0.684. The number of aryl methyl sites for hydroxylation is 1. The molecule has 2 saturated heterocycles. The molecule has 4 heterocycles. The van der Waals surface area contributed by atoms with Gasteiger partial charge in [0.1, 0.15) is 5.82 Å². The molecular formula is C19H28N6O2. The topological polar surface area (TPSA) is 76.4 Å². The van der Waals surface area contributed by atoms with E-state index in [9.17, 15) is 4.79 Å². The summed E-state index contributed by atoms with van der Waals surface area (Å²) in [6, 6.07) is 0. The number of anilines is 2. The lowest BCUT2D eigenvalue weighted by atomic mass is 9.98. The van der Waals surface area contributed by atoms with Gasteiger partial charge in [0, 0.05) is 33.2 Å². The number of esters is 1. The van der Waals surface area contributed by atoms with Crippen LogP contribution in [0.3, 0.4) is 0 Å². The zero-order valence-electron chi connectivity index (χ0n) is 16.2. The van der Waals surface area contributed by atoms with Crippen molar-refractivity contribution < 1.29 is 9.53 Å². The van der Waals surface area contributed by atoms with Gasteiger partial charge in [-0.1, -0.05) is 0 Å². The summed E-state index contributed by atoms with van der Waals surface area (Å²) in [5, 5.41) is 5.40. The van der Waals surface area contributed by atoms with Crippen LogP contribution >= 0.6 is 0 Å². The van der Waals surface area contributed by atoms with Crippen LogP contribution in [0.2, 0.25) is 0 Å². The molecule has 2 aliphatic heterocycles. The van der Waals surface area contributed by atoms with Crippen molar-refractivity contribution in [1.82, 2.24) is 19.7 Å². The van der Waals surface area contributed by atoms with E-state index in [4.69, 9.17) is 14.7 Å². The van der Waals surface area contributed by atoms with Gasteiger partial charge in [0.25, 0.3) is 0 Å². The Kier molecular flexibility index (Phi) is 5.13. The van der Waals surface area contributed by atoms with E-state index in [-0.39, 0.29) is 11.9 Å². The average Bonchev–Trinajstić information content (AvgIpc) is 3.09. The van der Waals surface area contributed by atoms with Crippen LogP contribution in [0.5, 0.6) is 0 Å². The number of ether oxygens (including phenoxy) is 1. The second kappa shape index (κ2) is 7.70. The second-order valence-electron chi connectivity index (χ2n) is 7.44. The Balaban J connectivity index is 1.66. The van der Waals surface area contributed by atoms with Crippen molar-refractivity contribution in [3.05, 3.63) is 6.20 Å². The average molecular weight is 372 g/mol. The largest absolute Gasteiger partial charge is 0.466 e. The van der Waals surface area contributed by atoms with Crippen molar-refractivity contribution in [2.75, 3.05) is 42.6 Å². The molecule has 2 aromatic heterocycles. The first-order valence-electron chi connectivity index (χ1n) is 10.0. The fourth-order valence-electron chi connectivity index (χ4n) is 4.10. The van der Waals surface area contributed by atoms with Gasteiger partial charge in [-0.05, 0) is 39.0 Å². The molecule has 0 bridgehead atoms. The van der Waals surface area contributed by atoms with E-state index >= 15 is 0 Å². The zero-order valence-corrected chi connectivity index (χ0v) is 16.2. The van der Waals surface area contributed by atoms with Crippen molar-refractivity contribution in [3.63, 3.8) is 0 Å². The lowest BCUT2D eigenvalue weighted by Crippen LogP contribution is -2.40. The Morgan fingerprint density at radius 3 is 2.70 bits per heavy atom. The molecule has 0 radical (unpaired) electrons. The molecule has 0 N–H and O–H groups in total. The van der Waals surface area contributed by atoms with Gasteiger partial charge in [-0.25, -0.2) is 0 Å². The van der Waals surface area contributed by atoms with Crippen molar-refractivity contribution in [1.29, 1.82) is 0 Å². The maximum absolute atomic E-state index is 12.2. The monoisotopic (exact) mass is 372 g/mol. The van der Waals surface area contributed by atoms with Gasteiger partial charge < -0.3 is 14.5 Å². The highest BCUT2D eigenvalue weighted by molar-refractivity contribution is 5.88. The smallest absolute Gasteiger partial charge is 0.310 e. The second-order valence-corrected chi connectivity index (χ2v) is 7.44. The molecule has 4 rings (SSSR count). The highest BCUT2D eigenvalue weighted by Crippen LogP contribution is 2.30. The van der Waals surface area contributed by atoms with E-state index in [2.05, 4.69) is 14.9 Å². The number of aromatic nitrogens is 4. The SMILES string of the molecule is CCOC(=O)[C@H]1CCCN(c2nc(N3CCCCC3)c3cnn(C)c3n2)C1. The summed E-state index contributed by atoms with van der Waals surface area (Å²) in [5.74, 6) is 1.45. The van der Waals surface area contributed by atoms with Crippen molar-refractivity contribution in [2.45, 2.75) is 39.0 Å². The third-order valence-corrected chi connectivity index (χ3v) is 5.54. The summed E-state index contributed by atoms with van der Waals surface area (Å²) in [6.45, 7) is 5.78. The minimum Gasteiger partial charge on any atom is -0.466 e. The molecule has 8 heteroatoms. The summed E-state index contributed by atoms with van der Waals surface area (Å²) in [5.41, 5.74) is 0.846. The van der Waals surface area contributed by atoms with Gasteiger partial charge in [-0.3, -0.25) is 9.48 Å². The Hall–Kier alpha value is -2.38. The van der Waals surface area contributed by atoms with Crippen LogP contribution in [0.4, 0.5) is 11.8 Å². The molecule has 0 saturated carbocycles. The van der Waals surface area contributed by atoms with Crippen LogP contribution in [0.1, 0.15) is 39.0 Å². The van der Waals surface area contributed by atoms with Crippen molar-refractivity contribution in [2.24, 2.45) is 13.0 Å². The molecule has 0 amide bonds. The summed E-state index contributed by atoms with van der Waals surface area (Å²) in [4.78, 5) is 26.4. The van der Waals surface area contributed by atoms with Crippen LogP contribution in [0, 0.1) is 5.92 Å². The Labute approximate surface area is 159 Å². The zero-order chi connectivity index (χ0) is 18.8. The molecule has 0 spiro atoms. The maximum Gasteiger partial charge on any atom is 0.310 e. The molecule has 146 valence electrons. The number of rotatable bonds is 4. The maximum atomic E-state index is 12.2. The molecule has 2 aliphatic rings. The molecule has 0 aromatic carbocycles. The lowest BCUT2D eigenvalue weighted by molar-refractivity contribution is -0.148. The fourth-order valence-corrected chi connectivity index (χ4v) is 4.10. The van der Waals surface area contributed by atoms with Crippen LogP contribution < -0.4 is 9.80 Å². The minimum atomic E-state index is -0.111. The first-order chi connectivity index (χ1) is 13.2. The number of carbonyl (C=O) groups excluding carboxylic acids is 1.